The summed E-state index contributed by atoms with van der Waals surface area (Å²) in [5.74, 6) is 0. The Morgan fingerprint density at radius 3 is 3.11 bits per heavy atom. The maximum atomic E-state index is 6.09. The molecule has 0 bridgehead atoms. The van der Waals surface area contributed by atoms with Gasteiger partial charge in [-0.3, -0.25) is 4.98 Å². The van der Waals surface area contributed by atoms with E-state index in [-0.39, 0.29) is 0 Å². The molecule has 1 atom stereocenters. The van der Waals surface area contributed by atoms with Crippen LogP contribution in [0.5, 0.6) is 0 Å². The maximum Gasteiger partial charge on any atom is 0.0723 e. The fourth-order valence-electron chi connectivity index (χ4n) is 3.07. The summed E-state index contributed by atoms with van der Waals surface area (Å²) in [6.07, 6.45) is 4.97. The van der Waals surface area contributed by atoms with Crippen molar-refractivity contribution in [2.75, 3.05) is 0 Å². The van der Waals surface area contributed by atoms with Gasteiger partial charge in [-0.1, -0.05) is 6.07 Å². The second kappa shape index (κ2) is 3.56. The van der Waals surface area contributed by atoms with Crippen LogP contribution in [0.25, 0.3) is 21.8 Å². The first-order chi connectivity index (χ1) is 8.83. The topological polar surface area (TPSA) is 54.7 Å². The zero-order valence-corrected chi connectivity index (χ0v) is 10.1. The van der Waals surface area contributed by atoms with Crippen LogP contribution in [0.1, 0.15) is 17.7 Å². The number of H-pyrrole nitrogens is 1. The minimum Gasteiger partial charge on any atom is -0.358 e. The van der Waals surface area contributed by atoms with E-state index in [9.17, 15) is 0 Å². The molecule has 3 aromatic rings. The fraction of sp³-hybridized carbons (Fsp3) is 0.267. The van der Waals surface area contributed by atoms with E-state index < -0.39 is 0 Å². The molecule has 0 unspecified atom stereocenters. The van der Waals surface area contributed by atoms with Crippen LogP contribution in [0.3, 0.4) is 0 Å². The van der Waals surface area contributed by atoms with Crippen LogP contribution in [0.2, 0.25) is 0 Å². The molecular formula is C15H15N3. The number of aromatic amines is 1. The second-order valence-corrected chi connectivity index (χ2v) is 5.14. The van der Waals surface area contributed by atoms with E-state index in [1.54, 1.807) is 0 Å². The number of aryl methyl sites for hydroxylation is 1. The first-order valence-electron chi connectivity index (χ1n) is 6.45. The van der Waals surface area contributed by atoms with E-state index >= 15 is 0 Å². The van der Waals surface area contributed by atoms with Crippen molar-refractivity contribution >= 4 is 21.8 Å². The number of hydrogen-bond acceptors (Lipinski definition) is 2. The van der Waals surface area contributed by atoms with Crippen molar-refractivity contribution in [3.05, 3.63) is 41.7 Å². The van der Waals surface area contributed by atoms with Gasteiger partial charge in [-0.25, -0.2) is 0 Å². The summed E-state index contributed by atoms with van der Waals surface area (Å²) >= 11 is 0. The SMILES string of the molecule is N[C@@H]1CCc2[nH]c3c(ccc4ncccc43)c2C1. The van der Waals surface area contributed by atoms with E-state index in [1.165, 1.54) is 27.5 Å². The molecule has 1 aliphatic carbocycles. The normalized spacial score (nSPS) is 19.3. The molecule has 3 nitrogen and oxygen atoms in total. The van der Waals surface area contributed by atoms with Crippen molar-refractivity contribution in [3.8, 4) is 0 Å². The molecule has 3 heteroatoms. The Balaban J connectivity index is 2.10. The highest BCUT2D eigenvalue weighted by atomic mass is 14.8. The predicted molar refractivity (Wildman–Crippen MR) is 73.6 cm³/mol. The van der Waals surface area contributed by atoms with E-state index in [0.717, 1.165) is 24.8 Å². The van der Waals surface area contributed by atoms with Crippen molar-refractivity contribution in [1.29, 1.82) is 0 Å². The van der Waals surface area contributed by atoms with Crippen LogP contribution >= 0.6 is 0 Å². The lowest BCUT2D eigenvalue weighted by molar-refractivity contribution is 0.574. The number of fused-ring (bicyclic) bond motifs is 5. The third-order valence-corrected chi connectivity index (χ3v) is 3.98. The van der Waals surface area contributed by atoms with Gasteiger partial charge >= 0.3 is 0 Å². The third kappa shape index (κ3) is 1.31. The summed E-state index contributed by atoms with van der Waals surface area (Å²) < 4.78 is 0. The molecule has 0 radical (unpaired) electrons. The van der Waals surface area contributed by atoms with Gasteiger partial charge in [0.05, 0.1) is 11.0 Å². The van der Waals surface area contributed by atoms with E-state index in [2.05, 4.69) is 28.2 Å². The van der Waals surface area contributed by atoms with Gasteiger partial charge in [-0.2, -0.15) is 0 Å². The lowest BCUT2D eigenvalue weighted by atomic mass is 9.92. The number of nitrogens with two attached hydrogens (primary N) is 1. The molecule has 4 rings (SSSR count). The van der Waals surface area contributed by atoms with Gasteiger partial charge in [0, 0.05) is 28.7 Å². The predicted octanol–water partition coefficient (Wildman–Crippen LogP) is 2.53. The van der Waals surface area contributed by atoms with Crippen LogP contribution in [-0.4, -0.2) is 16.0 Å². The van der Waals surface area contributed by atoms with Gasteiger partial charge in [-0.05, 0) is 43.0 Å². The zero-order valence-electron chi connectivity index (χ0n) is 10.1. The van der Waals surface area contributed by atoms with Crippen molar-refractivity contribution in [2.24, 2.45) is 5.73 Å². The quantitative estimate of drug-likeness (QED) is 0.631. The number of nitrogens with one attached hydrogen (secondary N) is 1. The van der Waals surface area contributed by atoms with E-state index in [4.69, 9.17) is 5.73 Å². The zero-order chi connectivity index (χ0) is 12.1. The molecule has 0 amide bonds. The Hall–Kier alpha value is -1.87. The lowest BCUT2D eigenvalue weighted by Crippen LogP contribution is -2.27. The molecule has 0 saturated carbocycles. The van der Waals surface area contributed by atoms with Crippen LogP contribution < -0.4 is 5.73 Å². The Bertz CT molecular complexity index is 742. The van der Waals surface area contributed by atoms with Crippen molar-refractivity contribution in [1.82, 2.24) is 9.97 Å². The van der Waals surface area contributed by atoms with Crippen LogP contribution in [-0.2, 0) is 12.8 Å². The molecule has 0 spiro atoms. The lowest BCUT2D eigenvalue weighted by Gasteiger charge is -2.17. The van der Waals surface area contributed by atoms with Crippen LogP contribution in [0.4, 0.5) is 0 Å². The number of nitrogens with zero attached hydrogens (tertiary/aromatic N) is 1. The smallest absolute Gasteiger partial charge is 0.0723 e. The molecule has 18 heavy (non-hydrogen) atoms. The molecule has 1 aromatic carbocycles. The van der Waals surface area contributed by atoms with Crippen LogP contribution in [0.15, 0.2) is 30.5 Å². The molecular weight excluding hydrogens is 222 g/mol. The minimum atomic E-state index is 0.307. The summed E-state index contributed by atoms with van der Waals surface area (Å²) in [6, 6.07) is 8.71. The average molecular weight is 237 g/mol. The van der Waals surface area contributed by atoms with Crippen molar-refractivity contribution in [2.45, 2.75) is 25.3 Å². The Morgan fingerprint density at radius 1 is 1.22 bits per heavy atom. The summed E-state index contributed by atoms with van der Waals surface area (Å²) in [7, 11) is 0. The number of rotatable bonds is 0. The molecule has 1 aliphatic rings. The molecule has 0 aliphatic heterocycles. The Morgan fingerprint density at radius 2 is 2.17 bits per heavy atom. The summed E-state index contributed by atoms with van der Waals surface area (Å²) in [5, 5.41) is 2.53. The summed E-state index contributed by atoms with van der Waals surface area (Å²) in [6.45, 7) is 0. The van der Waals surface area contributed by atoms with Gasteiger partial charge in [-0.15, -0.1) is 0 Å². The highest BCUT2D eigenvalue weighted by Crippen LogP contribution is 2.32. The van der Waals surface area contributed by atoms with Crippen molar-refractivity contribution < 1.29 is 0 Å². The van der Waals surface area contributed by atoms with Gasteiger partial charge < -0.3 is 10.7 Å². The summed E-state index contributed by atoms with van der Waals surface area (Å²) in [5.41, 5.74) is 11.1. The standard InChI is InChI=1S/C15H15N3/c16-9-3-5-14-12(8-9)10-4-6-13-11(15(10)18-14)2-1-7-17-13/h1-2,4,6-7,9,18H,3,5,8,16H2/t9-/m1/s1. The first kappa shape index (κ1) is 10.1. The molecule has 2 aromatic heterocycles. The monoisotopic (exact) mass is 237 g/mol. The average Bonchev–Trinajstić information content (AvgIpc) is 2.77. The van der Waals surface area contributed by atoms with E-state index in [0.29, 0.717) is 6.04 Å². The highest BCUT2D eigenvalue weighted by Gasteiger charge is 2.20. The van der Waals surface area contributed by atoms with Crippen molar-refractivity contribution in [3.63, 3.8) is 0 Å². The fourth-order valence-corrected chi connectivity index (χ4v) is 3.07. The molecule has 0 saturated heterocycles. The van der Waals surface area contributed by atoms with Gasteiger partial charge in [0.1, 0.15) is 0 Å². The first-order valence-corrected chi connectivity index (χ1v) is 6.45. The molecule has 90 valence electrons. The summed E-state index contributed by atoms with van der Waals surface area (Å²) in [4.78, 5) is 7.99. The Kier molecular flexibility index (Phi) is 2.00. The largest absolute Gasteiger partial charge is 0.358 e. The van der Waals surface area contributed by atoms with E-state index in [1.807, 2.05) is 12.3 Å². The van der Waals surface area contributed by atoms with Crippen LogP contribution in [0, 0.1) is 0 Å². The number of hydrogen-bond donors (Lipinski definition) is 2. The van der Waals surface area contributed by atoms with Gasteiger partial charge in [0.15, 0.2) is 0 Å². The third-order valence-electron chi connectivity index (χ3n) is 3.98. The minimum absolute atomic E-state index is 0.307. The number of pyridine rings is 1. The molecule has 0 fully saturated rings. The maximum absolute atomic E-state index is 6.09. The molecule has 2 heterocycles. The van der Waals surface area contributed by atoms with Gasteiger partial charge in [0.25, 0.3) is 0 Å². The highest BCUT2D eigenvalue weighted by molar-refractivity contribution is 6.05. The molecule has 3 N–H and O–H groups in total. The van der Waals surface area contributed by atoms with Gasteiger partial charge in [0.2, 0.25) is 0 Å². The second-order valence-electron chi connectivity index (χ2n) is 5.14. The Labute approximate surface area is 105 Å². The number of benzene rings is 1. The number of aromatic nitrogens is 2.